The van der Waals surface area contributed by atoms with Crippen LogP contribution in [0.1, 0.15) is 5.69 Å². The van der Waals surface area contributed by atoms with E-state index in [1.165, 1.54) is 7.11 Å². The molecule has 0 aliphatic carbocycles. The van der Waals surface area contributed by atoms with Gasteiger partial charge >= 0.3 is 0 Å². The molecule has 0 atom stereocenters. The normalized spacial score (nSPS) is 10.1. The van der Waals surface area contributed by atoms with Gasteiger partial charge in [0.05, 0.1) is 0 Å². The minimum atomic E-state index is -0.136. The summed E-state index contributed by atoms with van der Waals surface area (Å²) in [5.41, 5.74) is 0.893. The zero-order chi connectivity index (χ0) is 14.3. The van der Waals surface area contributed by atoms with E-state index >= 15 is 0 Å². The van der Waals surface area contributed by atoms with Crippen LogP contribution < -0.4 is 15.5 Å². The Morgan fingerprint density at radius 1 is 1.37 bits per heavy atom. The summed E-state index contributed by atoms with van der Waals surface area (Å²) in [6.07, 6.45) is 0. The Morgan fingerprint density at radius 2 is 2.11 bits per heavy atom. The van der Waals surface area contributed by atoms with Gasteiger partial charge in [-0.2, -0.15) is 4.98 Å². The number of hydrogen-bond acceptors (Lipinski definition) is 6. The number of nitrogens with zero attached hydrogens (tertiary/aromatic N) is 3. The number of ether oxygens (including phenoxy) is 1. The second kappa shape index (κ2) is 7.52. The van der Waals surface area contributed by atoms with Crippen LogP contribution >= 0.6 is 0 Å². The van der Waals surface area contributed by atoms with Crippen molar-refractivity contribution in [2.24, 2.45) is 0 Å². The summed E-state index contributed by atoms with van der Waals surface area (Å²) in [6.45, 7) is 3.05. The maximum atomic E-state index is 11.2. The standard InChI is InChI=1S/C12H21N5O2/c1-9-7-10(17(2)3)16-12(15-9)14-6-5-13-11(18)8-19-4/h7H,5-6,8H2,1-4H3,(H,13,18)(H,14,15,16). The van der Waals surface area contributed by atoms with E-state index in [0.717, 1.165) is 11.5 Å². The molecule has 1 aromatic rings. The third-order valence-corrected chi connectivity index (χ3v) is 2.30. The van der Waals surface area contributed by atoms with Crippen molar-refractivity contribution in [2.45, 2.75) is 6.92 Å². The first-order valence-electron chi connectivity index (χ1n) is 6.05. The Hall–Kier alpha value is -1.89. The molecule has 1 heterocycles. The van der Waals surface area contributed by atoms with Gasteiger partial charge in [0.25, 0.3) is 0 Å². The highest BCUT2D eigenvalue weighted by molar-refractivity contribution is 5.77. The number of carbonyl (C=O) groups excluding carboxylic acids is 1. The molecule has 0 aliphatic heterocycles. The van der Waals surface area contributed by atoms with Gasteiger partial charge in [-0.25, -0.2) is 4.98 Å². The Bertz CT molecular complexity index is 423. The summed E-state index contributed by atoms with van der Waals surface area (Å²) in [7, 11) is 5.34. The molecule has 1 rings (SSSR count). The zero-order valence-corrected chi connectivity index (χ0v) is 11.9. The van der Waals surface area contributed by atoms with Crippen molar-refractivity contribution >= 4 is 17.7 Å². The number of nitrogens with one attached hydrogen (secondary N) is 2. The van der Waals surface area contributed by atoms with E-state index in [9.17, 15) is 4.79 Å². The molecular formula is C12H21N5O2. The molecule has 0 aromatic carbocycles. The van der Waals surface area contributed by atoms with Gasteiger partial charge in [-0.15, -0.1) is 0 Å². The summed E-state index contributed by atoms with van der Waals surface area (Å²) in [5.74, 6) is 1.27. The largest absolute Gasteiger partial charge is 0.375 e. The molecule has 1 amide bonds. The van der Waals surface area contributed by atoms with E-state index in [2.05, 4.69) is 20.6 Å². The fraction of sp³-hybridized carbons (Fsp3) is 0.583. The summed E-state index contributed by atoms with van der Waals surface area (Å²) < 4.78 is 4.71. The number of methoxy groups -OCH3 is 1. The van der Waals surface area contributed by atoms with Gasteiger partial charge in [0.15, 0.2) is 0 Å². The minimum Gasteiger partial charge on any atom is -0.375 e. The molecule has 0 fully saturated rings. The Labute approximate surface area is 113 Å². The fourth-order valence-electron chi connectivity index (χ4n) is 1.42. The lowest BCUT2D eigenvalue weighted by atomic mass is 10.4. The smallest absolute Gasteiger partial charge is 0.246 e. The van der Waals surface area contributed by atoms with Crippen LogP contribution in [-0.4, -0.2) is 56.8 Å². The molecule has 0 aliphatic rings. The third-order valence-electron chi connectivity index (χ3n) is 2.30. The van der Waals surface area contributed by atoms with Crippen molar-refractivity contribution in [1.29, 1.82) is 0 Å². The van der Waals surface area contributed by atoms with Crippen LogP contribution in [0.3, 0.4) is 0 Å². The monoisotopic (exact) mass is 267 g/mol. The topological polar surface area (TPSA) is 79.4 Å². The number of rotatable bonds is 7. The van der Waals surface area contributed by atoms with E-state index in [1.54, 1.807) is 0 Å². The van der Waals surface area contributed by atoms with Crippen LogP contribution in [0.5, 0.6) is 0 Å². The summed E-state index contributed by atoms with van der Waals surface area (Å²) in [6, 6.07) is 1.91. The number of amides is 1. The zero-order valence-electron chi connectivity index (χ0n) is 11.9. The van der Waals surface area contributed by atoms with Gasteiger partial charge in [-0.3, -0.25) is 4.79 Å². The molecule has 2 N–H and O–H groups in total. The van der Waals surface area contributed by atoms with E-state index in [4.69, 9.17) is 4.74 Å². The lowest BCUT2D eigenvalue weighted by Gasteiger charge is -2.13. The van der Waals surface area contributed by atoms with Crippen molar-refractivity contribution in [1.82, 2.24) is 15.3 Å². The SMILES string of the molecule is COCC(=O)NCCNc1nc(C)cc(N(C)C)n1. The van der Waals surface area contributed by atoms with E-state index in [-0.39, 0.29) is 12.5 Å². The summed E-state index contributed by atoms with van der Waals surface area (Å²) in [4.78, 5) is 21.7. The molecule has 7 nitrogen and oxygen atoms in total. The first-order valence-corrected chi connectivity index (χ1v) is 6.05. The van der Waals surface area contributed by atoms with Gasteiger partial charge in [-0.1, -0.05) is 0 Å². The van der Waals surface area contributed by atoms with Crippen LogP contribution in [0.15, 0.2) is 6.07 Å². The van der Waals surface area contributed by atoms with E-state index < -0.39 is 0 Å². The van der Waals surface area contributed by atoms with Crippen LogP contribution in [0.2, 0.25) is 0 Å². The van der Waals surface area contributed by atoms with Gasteiger partial charge in [0.2, 0.25) is 11.9 Å². The number of aromatic nitrogens is 2. The molecule has 0 unspecified atom stereocenters. The summed E-state index contributed by atoms with van der Waals surface area (Å²) >= 11 is 0. The minimum absolute atomic E-state index is 0.0751. The highest BCUT2D eigenvalue weighted by atomic mass is 16.5. The van der Waals surface area contributed by atoms with Gasteiger partial charge in [0.1, 0.15) is 12.4 Å². The van der Waals surface area contributed by atoms with Crippen molar-refractivity contribution in [3.63, 3.8) is 0 Å². The average Bonchev–Trinajstić information content (AvgIpc) is 2.34. The Kier molecular flexibility index (Phi) is 6.01. The van der Waals surface area contributed by atoms with Crippen molar-refractivity contribution in [3.8, 4) is 0 Å². The lowest BCUT2D eigenvalue weighted by Crippen LogP contribution is -2.31. The van der Waals surface area contributed by atoms with E-state index in [0.29, 0.717) is 19.0 Å². The highest BCUT2D eigenvalue weighted by Crippen LogP contribution is 2.11. The van der Waals surface area contributed by atoms with Gasteiger partial charge in [-0.05, 0) is 6.92 Å². The van der Waals surface area contributed by atoms with Gasteiger partial charge < -0.3 is 20.3 Å². The van der Waals surface area contributed by atoms with Crippen LogP contribution in [0, 0.1) is 6.92 Å². The van der Waals surface area contributed by atoms with Crippen LogP contribution in [-0.2, 0) is 9.53 Å². The molecule has 0 spiro atoms. The van der Waals surface area contributed by atoms with Crippen LogP contribution in [0.4, 0.5) is 11.8 Å². The predicted octanol–water partition coefficient (Wildman–Crippen LogP) is 0.0255. The molecule has 0 bridgehead atoms. The predicted molar refractivity (Wildman–Crippen MR) is 74.5 cm³/mol. The van der Waals surface area contributed by atoms with Crippen molar-refractivity contribution < 1.29 is 9.53 Å². The number of hydrogen-bond donors (Lipinski definition) is 2. The van der Waals surface area contributed by atoms with Gasteiger partial charge in [0, 0.05) is 46.1 Å². The van der Waals surface area contributed by atoms with Crippen molar-refractivity contribution in [3.05, 3.63) is 11.8 Å². The molecule has 7 heteroatoms. The molecule has 106 valence electrons. The molecule has 0 radical (unpaired) electrons. The molecule has 1 aromatic heterocycles. The maximum absolute atomic E-state index is 11.2. The van der Waals surface area contributed by atoms with E-state index in [1.807, 2.05) is 32.0 Å². The second-order valence-electron chi connectivity index (χ2n) is 4.30. The molecule has 0 saturated carbocycles. The fourth-order valence-corrected chi connectivity index (χ4v) is 1.42. The maximum Gasteiger partial charge on any atom is 0.246 e. The summed E-state index contributed by atoms with van der Waals surface area (Å²) in [5, 5.41) is 5.79. The number of anilines is 2. The molecule has 19 heavy (non-hydrogen) atoms. The first kappa shape index (κ1) is 15.2. The average molecular weight is 267 g/mol. The quantitative estimate of drug-likeness (QED) is 0.678. The van der Waals surface area contributed by atoms with Crippen LogP contribution in [0.25, 0.3) is 0 Å². The number of carbonyl (C=O) groups is 1. The molecule has 0 saturated heterocycles. The first-order chi connectivity index (χ1) is 9.02. The molecular weight excluding hydrogens is 246 g/mol. The Balaban J connectivity index is 2.43. The Morgan fingerprint density at radius 3 is 2.74 bits per heavy atom. The lowest BCUT2D eigenvalue weighted by molar-refractivity contribution is -0.124. The van der Waals surface area contributed by atoms with Crippen molar-refractivity contribution in [2.75, 3.05) is 51.1 Å². The highest BCUT2D eigenvalue weighted by Gasteiger charge is 2.04. The third kappa shape index (κ3) is 5.52. The number of aryl methyl sites for hydroxylation is 1. The second-order valence-corrected chi connectivity index (χ2v) is 4.30.